The number of hydrogen-bond acceptors (Lipinski definition) is 5. The van der Waals surface area contributed by atoms with Crippen LogP contribution in [0.1, 0.15) is 24.2 Å². The molecule has 5 nitrogen and oxygen atoms in total. The fourth-order valence-electron chi connectivity index (χ4n) is 2.27. The lowest BCUT2D eigenvalue weighted by Crippen LogP contribution is -2.08. The van der Waals surface area contributed by atoms with Crippen LogP contribution in [-0.2, 0) is 9.53 Å². The molecule has 0 fully saturated rings. The number of methoxy groups -OCH3 is 3. The summed E-state index contributed by atoms with van der Waals surface area (Å²) in [4.78, 5) is 11.5. The van der Waals surface area contributed by atoms with Gasteiger partial charge in [0, 0.05) is 18.1 Å². The van der Waals surface area contributed by atoms with E-state index in [9.17, 15) is 4.79 Å². The number of ether oxygens (including phenoxy) is 4. The minimum Gasteiger partial charge on any atom is -0.493 e. The molecule has 5 heteroatoms. The van der Waals surface area contributed by atoms with Gasteiger partial charge < -0.3 is 18.9 Å². The second-order valence-corrected chi connectivity index (χ2v) is 5.08. The van der Waals surface area contributed by atoms with Gasteiger partial charge in [0.25, 0.3) is 0 Å². The van der Waals surface area contributed by atoms with Crippen LogP contribution in [0, 0.1) is 11.8 Å². The van der Waals surface area contributed by atoms with Crippen molar-refractivity contribution in [2.24, 2.45) is 0 Å². The standard InChI is InChI=1S/C20H20O5/c1-14(21)25-17(11-10-15-8-6-5-7-9-15)16-12-18(22-2)20(24-4)19(13-16)23-3/h5-9,12-13,17H,1-4H3. The summed E-state index contributed by atoms with van der Waals surface area (Å²) in [5.41, 5.74) is 1.46. The molecule has 0 aromatic heterocycles. The first-order valence-electron chi connectivity index (χ1n) is 7.62. The molecule has 0 radical (unpaired) electrons. The van der Waals surface area contributed by atoms with Gasteiger partial charge >= 0.3 is 5.97 Å². The van der Waals surface area contributed by atoms with Gasteiger partial charge in [-0.2, -0.15) is 0 Å². The Bertz CT molecular complexity index is 762. The summed E-state index contributed by atoms with van der Waals surface area (Å²) < 4.78 is 21.4. The summed E-state index contributed by atoms with van der Waals surface area (Å²) in [5.74, 6) is 6.96. The van der Waals surface area contributed by atoms with E-state index in [1.807, 2.05) is 30.3 Å². The molecule has 0 aliphatic heterocycles. The summed E-state index contributed by atoms with van der Waals surface area (Å²) in [5, 5.41) is 0. The normalized spacial score (nSPS) is 10.9. The lowest BCUT2D eigenvalue weighted by atomic mass is 10.1. The quantitative estimate of drug-likeness (QED) is 0.617. The van der Waals surface area contributed by atoms with Crippen molar-refractivity contribution < 1.29 is 23.7 Å². The molecule has 0 N–H and O–H groups in total. The van der Waals surface area contributed by atoms with E-state index in [2.05, 4.69) is 11.8 Å². The summed E-state index contributed by atoms with van der Waals surface area (Å²) in [6.07, 6.45) is -0.758. The molecule has 130 valence electrons. The van der Waals surface area contributed by atoms with Gasteiger partial charge in [0.05, 0.1) is 21.3 Å². The largest absolute Gasteiger partial charge is 0.493 e. The topological polar surface area (TPSA) is 54.0 Å². The fraction of sp³-hybridized carbons (Fsp3) is 0.250. The first-order valence-corrected chi connectivity index (χ1v) is 7.62. The van der Waals surface area contributed by atoms with Crippen LogP contribution >= 0.6 is 0 Å². The molecule has 0 amide bonds. The molecule has 1 unspecified atom stereocenters. The van der Waals surface area contributed by atoms with E-state index in [0.717, 1.165) is 5.56 Å². The molecule has 2 aromatic carbocycles. The highest BCUT2D eigenvalue weighted by molar-refractivity contribution is 5.67. The Morgan fingerprint density at radius 2 is 1.56 bits per heavy atom. The van der Waals surface area contributed by atoms with Gasteiger partial charge in [-0.3, -0.25) is 4.79 Å². The zero-order valence-corrected chi connectivity index (χ0v) is 14.7. The fourth-order valence-corrected chi connectivity index (χ4v) is 2.27. The van der Waals surface area contributed by atoms with Crippen molar-refractivity contribution >= 4 is 5.97 Å². The molecular formula is C20H20O5. The van der Waals surface area contributed by atoms with Crippen LogP contribution < -0.4 is 14.2 Å². The van der Waals surface area contributed by atoms with Crippen molar-refractivity contribution in [3.63, 3.8) is 0 Å². The van der Waals surface area contributed by atoms with Crippen LogP contribution in [0.15, 0.2) is 42.5 Å². The van der Waals surface area contributed by atoms with Gasteiger partial charge in [0.1, 0.15) is 0 Å². The highest BCUT2D eigenvalue weighted by Gasteiger charge is 2.19. The van der Waals surface area contributed by atoms with Crippen molar-refractivity contribution in [1.29, 1.82) is 0 Å². The zero-order chi connectivity index (χ0) is 18.2. The molecule has 0 heterocycles. The molecular weight excluding hydrogens is 320 g/mol. The maximum atomic E-state index is 11.5. The number of carbonyl (C=O) groups is 1. The first-order chi connectivity index (χ1) is 12.1. The molecule has 1 atom stereocenters. The Hall–Kier alpha value is -3.13. The average Bonchev–Trinajstić information content (AvgIpc) is 2.64. The smallest absolute Gasteiger partial charge is 0.304 e. The molecule has 2 aromatic rings. The minimum absolute atomic E-state index is 0.430. The van der Waals surface area contributed by atoms with Crippen molar-refractivity contribution in [2.45, 2.75) is 13.0 Å². The summed E-state index contributed by atoms with van der Waals surface area (Å²) in [6, 6.07) is 12.9. The molecule has 0 aliphatic rings. The van der Waals surface area contributed by atoms with E-state index >= 15 is 0 Å². The zero-order valence-electron chi connectivity index (χ0n) is 14.7. The van der Waals surface area contributed by atoms with Crippen LogP contribution in [-0.4, -0.2) is 27.3 Å². The predicted molar refractivity (Wildman–Crippen MR) is 93.9 cm³/mol. The van der Waals surface area contributed by atoms with Crippen LogP contribution in [0.3, 0.4) is 0 Å². The third kappa shape index (κ3) is 4.67. The number of carbonyl (C=O) groups excluding carboxylic acids is 1. The van der Waals surface area contributed by atoms with Crippen molar-refractivity contribution in [3.8, 4) is 29.1 Å². The molecule has 25 heavy (non-hydrogen) atoms. The lowest BCUT2D eigenvalue weighted by molar-refractivity contribution is -0.144. The third-order valence-electron chi connectivity index (χ3n) is 3.40. The molecule has 2 rings (SSSR count). The van der Waals surface area contributed by atoms with E-state index in [-0.39, 0.29) is 0 Å². The molecule has 0 spiro atoms. The summed E-state index contributed by atoms with van der Waals surface area (Å²) in [7, 11) is 4.58. The van der Waals surface area contributed by atoms with E-state index in [4.69, 9.17) is 18.9 Å². The Labute approximate surface area is 147 Å². The summed E-state index contributed by atoms with van der Waals surface area (Å²) >= 11 is 0. The predicted octanol–water partition coefficient (Wildman–Crippen LogP) is 3.37. The van der Waals surface area contributed by atoms with Crippen molar-refractivity contribution in [2.75, 3.05) is 21.3 Å². The number of rotatable bonds is 5. The average molecular weight is 340 g/mol. The molecule has 0 saturated carbocycles. The molecule has 0 saturated heterocycles. The van der Waals surface area contributed by atoms with Crippen LogP contribution in [0.25, 0.3) is 0 Å². The van der Waals surface area contributed by atoms with Crippen LogP contribution in [0.4, 0.5) is 0 Å². The second kappa shape index (κ2) is 8.65. The minimum atomic E-state index is -0.758. The van der Waals surface area contributed by atoms with E-state index in [0.29, 0.717) is 22.8 Å². The van der Waals surface area contributed by atoms with Gasteiger partial charge in [0.2, 0.25) is 5.75 Å². The van der Waals surface area contributed by atoms with E-state index < -0.39 is 12.1 Å². The monoisotopic (exact) mass is 340 g/mol. The maximum Gasteiger partial charge on any atom is 0.304 e. The van der Waals surface area contributed by atoms with Gasteiger partial charge in [0.15, 0.2) is 17.6 Å². The lowest BCUT2D eigenvalue weighted by Gasteiger charge is -2.17. The Balaban J connectivity index is 2.47. The van der Waals surface area contributed by atoms with Crippen LogP contribution in [0.5, 0.6) is 17.2 Å². The Kier molecular flexibility index (Phi) is 6.30. The van der Waals surface area contributed by atoms with Gasteiger partial charge in [-0.1, -0.05) is 24.1 Å². The van der Waals surface area contributed by atoms with E-state index in [1.54, 1.807) is 12.1 Å². The highest BCUT2D eigenvalue weighted by atomic mass is 16.5. The second-order valence-electron chi connectivity index (χ2n) is 5.08. The Morgan fingerprint density at radius 1 is 0.960 bits per heavy atom. The summed E-state index contributed by atoms with van der Waals surface area (Å²) in [6.45, 7) is 1.34. The number of hydrogen-bond donors (Lipinski definition) is 0. The number of benzene rings is 2. The van der Waals surface area contributed by atoms with Gasteiger partial charge in [-0.15, -0.1) is 0 Å². The van der Waals surface area contributed by atoms with Gasteiger partial charge in [-0.25, -0.2) is 0 Å². The van der Waals surface area contributed by atoms with E-state index in [1.165, 1.54) is 28.3 Å². The highest BCUT2D eigenvalue weighted by Crippen LogP contribution is 2.40. The van der Waals surface area contributed by atoms with Crippen LogP contribution in [0.2, 0.25) is 0 Å². The first kappa shape index (κ1) is 18.2. The third-order valence-corrected chi connectivity index (χ3v) is 3.40. The van der Waals surface area contributed by atoms with Gasteiger partial charge in [-0.05, 0) is 30.2 Å². The molecule has 0 aliphatic carbocycles. The van der Waals surface area contributed by atoms with Crippen molar-refractivity contribution in [3.05, 3.63) is 53.6 Å². The number of esters is 1. The van der Waals surface area contributed by atoms with Crippen molar-refractivity contribution in [1.82, 2.24) is 0 Å². The maximum absolute atomic E-state index is 11.5. The molecule has 0 bridgehead atoms. The SMILES string of the molecule is COc1cc(C(C#Cc2ccccc2)OC(C)=O)cc(OC)c1OC. The Morgan fingerprint density at radius 3 is 2.04 bits per heavy atom.